The summed E-state index contributed by atoms with van der Waals surface area (Å²) in [6.45, 7) is 0.547. The van der Waals surface area contributed by atoms with Crippen LogP contribution in [0.15, 0.2) is 18.2 Å². The molecule has 0 saturated carbocycles. The van der Waals surface area contributed by atoms with Crippen molar-refractivity contribution in [3.63, 3.8) is 0 Å². The van der Waals surface area contributed by atoms with Gasteiger partial charge in [0.25, 0.3) is 5.91 Å². The summed E-state index contributed by atoms with van der Waals surface area (Å²) in [6, 6.07) is 3.34. The summed E-state index contributed by atoms with van der Waals surface area (Å²) in [7, 11) is 0. The van der Waals surface area contributed by atoms with Crippen molar-refractivity contribution in [3.8, 4) is 5.75 Å². The highest BCUT2D eigenvalue weighted by atomic mass is 127. The predicted molar refractivity (Wildman–Crippen MR) is 73.1 cm³/mol. The van der Waals surface area contributed by atoms with Crippen LogP contribution >= 0.6 is 22.6 Å². The number of phenols is 1. The molecule has 0 fully saturated rings. The summed E-state index contributed by atoms with van der Waals surface area (Å²) < 4.78 is 14.0. The van der Waals surface area contributed by atoms with Crippen LogP contribution in [-0.4, -0.2) is 22.0 Å². The number of amides is 1. The van der Waals surface area contributed by atoms with Crippen LogP contribution < -0.4 is 5.32 Å². The minimum atomic E-state index is -0.530. The first-order valence-corrected chi connectivity index (χ1v) is 7.00. The highest BCUT2D eigenvalue weighted by molar-refractivity contribution is 14.1. The van der Waals surface area contributed by atoms with Crippen molar-refractivity contribution in [3.05, 3.63) is 29.6 Å². The number of hydrogen-bond acceptors (Lipinski definition) is 2. The summed E-state index contributed by atoms with van der Waals surface area (Å²) >= 11 is 2.31. The van der Waals surface area contributed by atoms with Crippen LogP contribution in [-0.2, 0) is 0 Å². The molecule has 94 valence electrons. The van der Waals surface area contributed by atoms with E-state index in [1.807, 2.05) is 0 Å². The molecule has 0 aromatic heterocycles. The number of phenolic OH excluding ortho intramolecular Hbond substituents is 1. The fraction of sp³-hybridized carbons (Fsp3) is 0.417. The van der Waals surface area contributed by atoms with E-state index in [1.54, 1.807) is 0 Å². The maximum absolute atomic E-state index is 12.9. The van der Waals surface area contributed by atoms with Gasteiger partial charge in [0.05, 0.1) is 5.56 Å². The van der Waals surface area contributed by atoms with Crippen LogP contribution in [0.2, 0.25) is 0 Å². The smallest absolute Gasteiger partial charge is 0.255 e. The highest BCUT2D eigenvalue weighted by Gasteiger charge is 2.11. The SMILES string of the molecule is O=C(NCCCCCI)c1cc(F)ccc1O. The summed E-state index contributed by atoms with van der Waals surface area (Å²) in [5, 5.41) is 12.1. The number of unbranched alkanes of at least 4 members (excludes halogenated alkanes) is 2. The molecule has 0 saturated heterocycles. The summed E-state index contributed by atoms with van der Waals surface area (Å²) in [6.07, 6.45) is 3.07. The minimum absolute atomic E-state index is 0.0149. The van der Waals surface area contributed by atoms with Crippen molar-refractivity contribution in [1.29, 1.82) is 0 Å². The normalized spacial score (nSPS) is 10.2. The molecule has 0 atom stereocenters. The Bertz CT molecular complexity index is 385. The maximum atomic E-state index is 12.9. The third kappa shape index (κ3) is 4.89. The Hall–Kier alpha value is -0.850. The third-order valence-electron chi connectivity index (χ3n) is 2.30. The molecule has 1 aromatic carbocycles. The van der Waals surface area contributed by atoms with Crippen molar-refractivity contribution in [1.82, 2.24) is 5.32 Å². The number of benzene rings is 1. The monoisotopic (exact) mass is 351 g/mol. The lowest BCUT2D eigenvalue weighted by molar-refractivity contribution is 0.0950. The molecule has 0 aliphatic rings. The van der Waals surface area contributed by atoms with Gasteiger partial charge in [-0.2, -0.15) is 0 Å². The van der Waals surface area contributed by atoms with Gasteiger partial charge in [0.2, 0.25) is 0 Å². The second-order valence-electron chi connectivity index (χ2n) is 3.67. The zero-order valence-electron chi connectivity index (χ0n) is 9.38. The quantitative estimate of drug-likeness (QED) is 0.470. The van der Waals surface area contributed by atoms with E-state index in [-0.39, 0.29) is 11.3 Å². The molecule has 0 aliphatic heterocycles. The minimum Gasteiger partial charge on any atom is -0.507 e. The van der Waals surface area contributed by atoms with Gasteiger partial charge in [-0.15, -0.1) is 0 Å². The van der Waals surface area contributed by atoms with E-state index in [9.17, 15) is 14.3 Å². The van der Waals surface area contributed by atoms with Crippen molar-refractivity contribution < 1.29 is 14.3 Å². The maximum Gasteiger partial charge on any atom is 0.255 e. The highest BCUT2D eigenvalue weighted by Crippen LogP contribution is 2.17. The Labute approximate surface area is 114 Å². The van der Waals surface area contributed by atoms with Crippen molar-refractivity contribution in [2.45, 2.75) is 19.3 Å². The molecule has 17 heavy (non-hydrogen) atoms. The van der Waals surface area contributed by atoms with Crippen LogP contribution in [0.3, 0.4) is 0 Å². The summed E-state index contributed by atoms with van der Waals surface area (Å²) in [5.41, 5.74) is -0.0149. The largest absolute Gasteiger partial charge is 0.507 e. The van der Waals surface area contributed by atoms with Gasteiger partial charge in [0, 0.05) is 6.54 Å². The average Bonchev–Trinajstić information content (AvgIpc) is 2.32. The van der Waals surface area contributed by atoms with Crippen LogP contribution in [0.25, 0.3) is 0 Å². The lowest BCUT2D eigenvalue weighted by Crippen LogP contribution is -2.24. The third-order valence-corrected chi connectivity index (χ3v) is 3.06. The van der Waals surface area contributed by atoms with Gasteiger partial charge in [-0.25, -0.2) is 4.39 Å². The number of hydrogen-bond donors (Lipinski definition) is 2. The van der Waals surface area contributed by atoms with Gasteiger partial charge < -0.3 is 10.4 Å². The molecular formula is C12H15FINO2. The van der Waals surface area contributed by atoms with Gasteiger partial charge in [0.1, 0.15) is 11.6 Å². The van der Waals surface area contributed by atoms with Crippen molar-refractivity contribution in [2.24, 2.45) is 0 Å². The molecule has 1 rings (SSSR count). The molecule has 0 heterocycles. The fourth-order valence-corrected chi connectivity index (χ4v) is 1.92. The average molecular weight is 351 g/mol. The van der Waals surface area contributed by atoms with E-state index >= 15 is 0 Å². The molecule has 2 N–H and O–H groups in total. The van der Waals surface area contributed by atoms with Gasteiger partial charge in [0.15, 0.2) is 0 Å². The van der Waals surface area contributed by atoms with Gasteiger partial charge in [-0.3, -0.25) is 4.79 Å². The number of rotatable bonds is 6. The van der Waals surface area contributed by atoms with Gasteiger partial charge >= 0.3 is 0 Å². The summed E-state index contributed by atoms with van der Waals surface area (Å²) in [4.78, 5) is 11.6. The molecule has 5 heteroatoms. The molecule has 0 aliphatic carbocycles. The fourth-order valence-electron chi connectivity index (χ4n) is 1.38. The Kier molecular flexibility index (Phi) is 6.25. The van der Waals surface area contributed by atoms with E-state index in [4.69, 9.17) is 0 Å². The number of nitrogens with one attached hydrogen (secondary N) is 1. The molecule has 1 amide bonds. The molecule has 0 unspecified atom stereocenters. The number of aromatic hydroxyl groups is 1. The second kappa shape index (κ2) is 7.47. The van der Waals surface area contributed by atoms with Crippen LogP contribution in [0.5, 0.6) is 5.75 Å². The van der Waals surface area contributed by atoms with Crippen molar-refractivity contribution in [2.75, 3.05) is 11.0 Å². The Morgan fingerprint density at radius 2 is 2.12 bits per heavy atom. The number of alkyl halides is 1. The Morgan fingerprint density at radius 3 is 2.82 bits per heavy atom. The summed E-state index contributed by atoms with van der Waals surface area (Å²) in [5.74, 6) is -1.16. The van der Waals surface area contributed by atoms with Crippen LogP contribution in [0.1, 0.15) is 29.6 Å². The molecular weight excluding hydrogens is 336 g/mol. The first kappa shape index (κ1) is 14.2. The van der Waals surface area contributed by atoms with E-state index in [2.05, 4.69) is 27.9 Å². The van der Waals surface area contributed by atoms with E-state index in [0.29, 0.717) is 6.54 Å². The first-order valence-electron chi connectivity index (χ1n) is 5.48. The van der Waals surface area contributed by atoms with Crippen LogP contribution in [0.4, 0.5) is 4.39 Å². The molecule has 0 bridgehead atoms. The zero-order chi connectivity index (χ0) is 12.7. The zero-order valence-corrected chi connectivity index (χ0v) is 11.5. The second-order valence-corrected chi connectivity index (χ2v) is 4.75. The van der Waals surface area contributed by atoms with E-state index in [0.717, 1.165) is 35.8 Å². The standard InChI is InChI=1S/C12H15FINO2/c13-9-4-5-11(16)10(8-9)12(17)15-7-3-1-2-6-14/h4-5,8,16H,1-3,6-7H2,(H,15,17). The molecule has 3 nitrogen and oxygen atoms in total. The first-order chi connectivity index (χ1) is 8.15. The van der Waals surface area contributed by atoms with Crippen molar-refractivity contribution >= 4 is 28.5 Å². The molecule has 1 aromatic rings. The topological polar surface area (TPSA) is 49.3 Å². The van der Waals surface area contributed by atoms with Gasteiger partial charge in [-0.05, 0) is 35.5 Å². The van der Waals surface area contributed by atoms with Gasteiger partial charge in [-0.1, -0.05) is 29.0 Å². The molecule has 0 radical (unpaired) electrons. The lowest BCUT2D eigenvalue weighted by atomic mass is 10.1. The Balaban J connectivity index is 2.44. The lowest BCUT2D eigenvalue weighted by Gasteiger charge is -2.06. The van der Waals surface area contributed by atoms with Crippen LogP contribution in [0, 0.1) is 5.82 Å². The Morgan fingerprint density at radius 1 is 1.35 bits per heavy atom. The number of carbonyl (C=O) groups is 1. The molecule has 0 spiro atoms. The van der Waals surface area contributed by atoms with E-state index < -0.39 is 11.7 Å². The number of carbonyl (C=O) groups excluding carboxylic acids is 1. The predicted octanol–water partition coefficient (Wildman–Crippen LogP) is 2.87. The number of halogens is 2. The van der Waals surface area contributed by atoms with E-state index in [1.165, 1.54) is 6.07 Å².